The average Bonchev–Trinajstić information content (AvgIpc) is 3.17. The van der Waals surface area contributed by atoms with Gasteiger partial charge in [-0.1, -0.05) is 31.5 Å². The van der Waals surface area contributed by atoms with Gasteiger partial charge in [0, 0.05) is 34.9 Å². The van der Waals surface area contributed by atoms with Crippen molar-refractivity contribution in [1.82, 2.24) is 15.2 Å². The normalized spacial score (nSPS) is 11.1. The largest absolute Gasteiger partial charge is 0.441 e. The first-order valence-electron chi connectivity index (χ1n) is 10.8. The zero-order chi connectivity index (χ0) is 22.2. The molecule has 2 aromatic carbocycles. The number of carbonyl (C=O) groups is 1. The lowest BCUT2D eigenvalue weighted by atomic mass is 10.1. The molecule has 1 aromatic heterocycles. The number of amides is 1. The summed E-state index contributed by atoms with van der Waals surface area (Å²) in [6.07, 6.45) is 0. The fourth-order valence-electron chi connectivity index (χ4n) is 3.21. The van der Waals surface area contributed by atoms with E-state index in [4.69, 9.17) is 4.42 Å². The lowest BCUT2D eigenvalue weighted by Gasteiger charge is -2.17. The molecule has 0 radical (unpaired) electrons. The van der Waals surface area contributed by atoms with Crippen molar-refractivity contribution in [1.29, 1.82) is 0 Å². The molecule has 0 atom stereocenters. The zero-order valence-electron chi connectivity index (χ0n) is 18.8. The van der Waals surface area contributed by atoms with E-state index in [0.29, 0.717) is 18.0 Å². The van der Waals surface area contributed by atoms with Crippen LogP contribution in [0.15, 0.2) is 57.8 Å². The molecule has 31 heavy (non-hydrogen) atoms. The van der Waals surface area contributed by atoms with Crippen molar-refractivity contribution in [3.05, 3.63) is 71.1 Å². The minimum absolute atomic E-state index is 0.0579. The van der Waals surface area contributed by atoms with Gasteiger partial charge >= 0.3 is 0 Å². The van der Waals surface area contributed by atoms with E-state index in [-0.39, 0.29) is 5.91 Å². The number of rotatable bonds is 10. The molecule has 164 valence electrons. The lowest BCUT2D eigenvalue weighted by molar-refractivity contribution is 0.0949. The van der Waals surface area contributed by atoms with E-state index in [2.05, 4.69) is 60.2 Å². The van der Waals surface area contributed by atoms with E-state index in [0.717, 1.165) is 42.4 Å². The van der Waals surface area contributed by atoms with Crippen molar-refractivity contribution < 1.29 is 9.21 Å². The summed E-state index contributed by atoms with van der Waals surface area (Å²) >= 11 is 1.75. The van der Waals surface area contributed by atoms with E-state index in [1.807, 2.05) is 31.2 Å². The van der Waals surface area contributed by atoms with Crippen LogP contribution in [0.1, 0.15) is 41.2 Å². The number of nitrogens with one attached hydrogen (secondary N) is 1. The van der Waals surface area contributed by atoms with Gasteiger partial charge in [0.15, 0.2) is 0 Å². The number of aryl methyl sites for hydroxylation is 2. The summed E-state index contributed by atoms with van der Waals surface area (Å²) < 4.78 is 5.89. The van der Waals surface area contributed by atoms with Crippen LogP contribution in [0.5, 0.6) is 0 Å². The smallest absolute Gasteiger partial charge is 0.251 e. The van der Waals surface area contributed by atoms with Crippen molar-refractivity contribution in [2.75, 3.05) is 26.2 Å². The highest BCUT2D eigenvalue weighted by Gasteiger charge is 2.13. The topological polar surface area (TPSA) is 58.4 Å². The maximum atomic E-state index is 12.4. The molecule has 0 saturated heterocycles. The highest BCUT2D eigenvalue weighted by molar-refractivity contribution is 7.98. The first kappa shape index (κ1) is 23.1. The monoisotopic (exact) mass is 437 g/mol. The van der Waals surface area contributed by atoms with Gasteiger partial charge in [0.25, 0.3) is 5.91 Å². The van der Waals surface area contributed by atoms with Crippen LogP contribution in [0.25, 0.3) is 11.5 Å². The van der Waals surface area contributed by atoms with Gasteiger partial charge in [-0.25, -0.2) is 4.98 Å². The van der Waals surface area contributed by atoms with E-state index in [1.165, 1.54) is 10.5 Å². The second-order valence-electron chi connectivity index (χ2n) is 7.48. The highest BCUT2D eigenvalue weighted by atomic mass is 32.2. The molecule has 0 spiro atoms. The second-order valence-corrected chi connectivity index (χ2v) is 8.53. The van der Waals surface area contributed by atoms with E-state index in [1.54, 1.807) is 11.8 Å². The van der Waals surface area contributed by atoms with Crippen LogP contribution in [0.4, 0.5) is 0 Å². The quantitative estimate of drug-likeness (QED) is 0.435. The van der Waals surface area contributed by atoms with Crippen LogP contribution in [0.2, 0.25) is 0 Å². The Balaban J connectivity index is 1.58. The maximum absolute atomic E-state index is 12.4. The standard InChI is InChI=1S/C25H31N3O2S/c1-5-28(6-2)16-15-26-24(29)20-9-11-21(12-10-20)25-27-23(19(4)30-25)17-31-22-13-7-18(3)8-14-22/h7-14H,5-6,15-17H2,1-4H3,(H,26,29). The summed E-state index contributed by atoms with van der Waals surface area (Å²) in [5.41, 5.74) is 3.71. The lowest BCUT2D eigenvalue weighted by Crippen LogP contribution is -2.34. The zero-order valence-corrected chi connectivity index (χ0v) is 19.6. The Morgan fingerprint density at radius 3 is 2.35 bits per heavy atom. The van der Waals surface area contributed by atoms with Gasteiger partial charge in [0.05, 0.1) is 5.69 Å². The van der Waals surface area contributed by atoms with Crippen molar-refractivity contribution in [3.63, 3.8) is 0 Å². The molecule has 0 bridgehead atoms. The highest BCUT2D eigenvalue weighted by Crippen LogP contribution is 2.28. The molecule has 3 aromatic rings. The van der Waals surface area contributed by atoms with Gasteiger partial charge in [-0.2, -0.15) is 0 Å². The Morgan fingerprint density at radius 2 is 1.71 bits per heavy atom. The molecule has 0 fully saturated rings. The van der Waals surface area contributed by atoms with Gasteiger partial charge in [-0.05, 0) is 63.3 Å². The van der Waals surface area contributed by atoms with Crippen LogP contribution in [-0.2, 0) is 5.75 Å². The van der Waals surface area contributed by atoms with Crippen LogP contribution >= 0.6 is 11.8 Å². The Labute approximate surface area is 189 Å². The van der Waals surface area contributed by atoms with Crippen molar-refractivity contribution >= 4 is 17.7 Å². The number of aromatic nitrogens is 1. The van der Waals surface area contributed by atoms with Crippen molar-refractivity contribution in [2.45, 2.75) is 38.3 Å². The van der Waals surface area contributed by atoms with E-state index in [9.17, 15) is 4.79 Å². The molecule has 6 heteroatoms. The van der Waals surface area contributed by atoms with Gasteiger partial charge < -0.3 is 14.6 Å². The van der Waals surface area contributed by atoms with Crippen LogP contribution in [0.3, 0.4) is 0 Å². The Kier molecular flexibility index (Phi) is 8.32. The molecule has 1 heterocycles. The fourth-order valence-corrected chi connectivity index (χ4v) is 4.10. The van der Waals surface area contributed by atoms with E-state index >= 15 is 0 Å². The number of hydrogen-bond donors (Lipinski definition) is 1. The molecule has 1 amide bonds. The Hall–Kier alpha value is -2.57. The number of nitrogens with zero attached hydrogens (tertiary/aromatic N) is 2. The molecule has 0 aliphatic heterocycles. The summed E-state index contributed by atoms with van der Waals surface area (Å²) in [7, 11) is 0. The molecule has 0 unspecified atom stereocenters. The number of thioether (sulfide) groups is 1. The molecule has 1 N–H and O–H groups in total. The van der Waals surface area contributed by atoms with Crippen LogP contribution in [-0.4, -0.2) is 42.0 Å². The number of oxazole rings is 1. The SMILES string of the molecule is CCN(CC)CCNC(=O)c1ccc(-c2nc(CSc3ccc(C)cc3)c(C)o2)cc1. The summed E-state index contributed by atoms with van der Waals surface area (Å²) in [5, 5.41) is 2.98. The van der Waals surface area contributed by atoms with Crippen molar-refractivity contribution in [3.8, 4) is 11.5 Å². The summed E-state index contributed by atoms with van der Waals surface area (Å²) in [6.45, 7) is 11.8. The maximum Gasteiger partial charge on any atom is 0.251 e. The fraction of sp³-hybridized carbons (Fsp3) is 0.360. The molecular weight excluding hydrogens is 406 g/mol. The predicted molar refractivity (Wildman–Crippen MR) is 128 cm³/mol. The Bertz CT molecular complexity index is 977. The summed E-state index contributed by atoms with van der Waals surface area (Å²) in [5.74, 6) is 2.11. The third-order valence-corrected chi connectivity index (χ3v) is 6.31. The minimum atomic E-state index is -0.0579. The summed E-state index contributed by atoms with van der Waals surface area (Å²) in [6, 6.07) is 15.9. The first-order valence-corrected chi connectivity index (χ1v) is 11.8. The minimum Gasteiger partial charge on any atom is -0.441 e. The Morgan fingerprint density at radius 1 is 1.03 bits per heavy atom. The average molecular weight is 438 g/mol. The van der Waals surface area contributed by atoms with Crippen LogP contribution < -0.4 is 5.32 Å². The molecule has 0 aliphatic carbocycles. The third kappa shape index (κ3) is 6.45. The first-order chi connectivity index (χ1) is 15.0. The molecule has 5 nitrogen and oxygen atoms in total. The van der Waals surface area contributed by atoms with Gasteiger partial charge in [0.2, 0.25) is 5.89 Å². The summed E-state index contributed by atoms with van der Waals surface area (Å²) in [4.78, 5) is 20.6. The molecule has 0 saturated carbocycles. The number of benzene rings is 2. The predicted octanol–water partition coefficient (Wildman–Crippen LogP) is 5.32. The van der Waals surface area contributed by atoms with Crippen LogP contribution in [0, 0.1) is 13.8 Å². The van der Waals surface area contributed by atoms with Gasteiger partial charge in [-0.3, -0.25) is 4.79 Å². The number of carbonyl (C=O) groups excluding carboxylic acids is 1. The molecular formula is C25H31N3O2S. The number of hydrogen-bond acceptors (Lipinski definition) is 5. The van der Waals surface area contributed by atoms with Gasteiger partial charge in [-0.15, -0.1) is 11.8 Å². The molecule has 0 aliphatic rings. The number of likely N-dealkylation sites (N-methyl/N-ethyl adjacent to an activating group) is 1. The second kappa shape index (κ2) is 11.2. The van der Waals surface area contributed by atoms with E-state index < -0.39 is 0 Å². The molecule has 3 rings (SSSR count). The van der Waals surface area contributed by atoms with Crippen molar-refractivity contribution in [2.24, 2.45) is 0 Å². The van der Waals surface area contributed by atoms with Gasteiger partial charge in [0.1, 0.15) is 5.76 Å². The third-order valence-electron chi connectivity index (χ3n) is 5.29.